The van der Waals surface area contributed by atoms with E-state index in [9.17, 15) is 14.0 Å². The van der Waals surface area contributed by atoms with Crippen molar-refractivity contribution in [3.63, 3.8) is 0 Å². The van der Waals surface area contributed by atoms with Gasteiger partial charge in [0.25, 0.3) is 0 Å². The quantitative estimate of drug-likeness (QED) is 0.763. The number of aryl methyl sites for hydroxylation is 1. The molecule has 0 fully saturated rings. The Morgan fingerprint density at radius 2 is 2.12 bits per heavy atom. The van der Waals surface area contributed by atoms with Crippen LogP contribution in [0.3, 0.4) is 0 Å². The summed E-state index contributed by atoms with van der Waals surface area (Å²) in [4.78, 5) is 22.1. The van der Waals surface area contributed by atoms with Crippen LogP contribution in [0, 0.1) is 12.7 Å². The maximum atomic E-state index is 13.0. The molecule has 0 aliphatic heterocycles. The fraction of sp³-hybridized carbons (Fsp3) is 0.333. The van der Waals surface area contributed by atoms with E-state index in [4.69, 9.17) is 10.8 Å². The molecule has 0 heterocycles. The molecule has 0 saturated carbocycles. The number of hydrogen-bond acceptors (Lipinski definition) is 3. The summed E-state index contributed by atoms with van der Waals surface area (Å²) in [7, 11) is 0. The number of carbonyl (C=O) groups is 2. The minimum Gasteiger partial charge on any atom is -0.481 e. The highest BCUT2D eigenvalue weighted by Crippen LogP contribution is 2.12. The van der Waals surface area contributed by atoms with Gasteiger partial charge in [-0.05, 0) is 37.1 Å². The van der Waals surface area contributed by atoms with Gasteiger partial charge in [0.05, 0.1) is 6.04 Å². The monoisotopic (exact) mass is 239 g/mol. The highest BCUT2D eigenvalue weighted by molar-refractivity contribution is 6.00. The lowest BCUT2D eigenvalue weighted by atomic mass is 9.99. The summed E-state index contributed by atoms with van der Waals surface area (Å²) in [6, 6.07) is 3.10. The van der Waals surface area contributed by atoms with E-state index in [1.54, 1.807) is 6.92 Å². The molecule has 0 bridgehead atoms. The van der Waals surface area contributed by atoms with Gasteiger partial charge < -0.3 is 10.8 Å². The lowest BCUT2D eigenvalue weighted by molar-refractivity contribution is -0.137. The molecule has 92 valence electrons. The fourth-order valence-electron chi connectivity index (χ4n) is 1.42. The Hall–Kier alpha value is -1.75. The number of ketones is 1. The molecule has 0 aromatic heterocycles. The van der Waals surface area contributed by atoms with Crippen LogP contribution >= 0.6 is 0 Å². The van der Waals surface area contributed by atoms with Crippen LogP contribution in [0.15, 0.2) is 18.2 Å². The number of Topliss-reactive ketones (excluding diaryl/α,β-unsaturated/α-hetero) is 1. The van der Waals surface area contributed by atoms with Gasteiger partial charge >= 0.3 is 5.97 Å². The van der Waals surface area contributed by atoms with Crippen molar-refractivity contribution in [1.29, 1.82) is 0 Å². The number of hydrogen-bond donors (Lipinski definition) is 2. The summed E-state index contributed by atoms with van der Waals surface area (Å²) in [5.41, 5.74) is 6.25. The third-order valence-electron chi connectivity index (χ3n) is 2.45. The molecule has 1 atom stereocenters. The number of benzene rings is 1. The highest BCUT2D eigenvalue weighted by atomic mass is 19.1. The summed E-state index contributed by atoms with van der Waals surface area (Å²) >= 11 is 0. The second-order valence-corrected chi connectivity index (χ2v) is 3.87. The van der Waals surface area contributed by atoms with Crippen LogP contribution in [0.1, 0.15) is 28.8 Å². The molecule has 1 unspecified atom stereocenters. The first-order valence-electron chi connectivity index (χ1n) is 5.19. The second-order valence-electron chi connectivity index (χ2n) is 3.87. The smallest absolute Gasteiger partial charge is 0.303 e. The van der Waals surface area contributed by atoms with Crippen molar-refractivity contribution in [3.8, 4) is 0 Å². The number of carboxylic acids is 1. The number of carboxylic acid groups (broad SMARTS) is 1. The van der Waals surface area contributed by atoms with Crippen molar-refractivity contribution < 1.29 is 19.1 Å². The molecule has 1 rings (SSSR count). The lowest BCUT2D eigenvalue weighted by Crippen LogP contribution is -2.31. The zero-order valence-corrected chi connectivity index (χ0v) is 9.44. The van der Waals surface area contributed by atoms with E-state index in [1.165, 1.54) is 18.2 Å². The minimum absolute atomic E-state index is 0.0740. The zero-order chi connectivity index (χ0) is 13.0. The van der Waals surface area contributed by atoms with Crippen LogP contribution in [0.25, 0.3) is 0 Å². The largest absolute Gasteiger partial charge is 0.481 e. The molecule has 5 heteroatoms. The van der Waals surface area contributed by atoms with Gasteiger partial charge in [-0.3, -0.25) is 9.59 Å². The van der Waals surface area contributed by atoms with Gasteiger partial charge in [-0.25, -0.2) is 4.39 Å². The lowest BCUT2D eigenvalue weighted by Gasteiger charge is -2.09. The molecule has 0 saturated heterocycles. The second kappa shape index (κ2) is 5.54. The predicted molar refractivity (Wildman–Crippen MR) is 60.3 cm³/mol. The fourth-order valence-corrected chi connectivity index (χ4v) is 1.42. The van der Waals surface area contributed by atoms with Crippen LogP contribution in [-0.4, -0.2) is 22.9 Å². The van der Waals surface area contributed by atoms with E-state index in [0.717, 1.165) is 0 Å². The molecule has 0 spiro atoms. The first-order valence-corrected chi connectivity index (χ1v) is 5.19. The third kappa shape index (κ3) is 3.64. The molecule has 1 aromatic carbocycles. The zero-order valence-electron chi connectivity index (χ0n) is 9.44. The van der Waals surface area contributed by atoms with E-state index in [-0.39, 0.29) is 24.4 Å². The summed E-state index contributed by atoms with van der Waals surface area (Å²) < 4.78 is 13.0. The molecule has 0 aliphatic rings. The van der Waals surface area contributed by atoms with Gasteiger partial charge in [0, 0.05) is 12.0 Å². The minimum atomic E-state index is -0.997. The molecular formula is C12H14FNO3. The summed E-state index contributed by atoms with van der Waals surface area (Å²) in [5, 5.41) is 8.48. The number of nitrogens with two attached hydrogens (primary N) is 1. The molecule has 17 heavy (non-hydrogen) atoms. The van der Waals surface area contributed by atoms with Gasteiger partial charge in [0.1, 0.15) is 5.82 Å². The normalized spacial score (nSPS) is 12.2. The Morgan fingerprint density at radius 1 is 1.47 bits per heavy atom. The van der Waals surface area contributed by atoms with Gasteiger partial charge in [0.2, 0.25) is 0 Å². The first kappa shape index (κ1) is 13.3. The first-order chi connectivity index (χ1) is 7.91. The Kier molecular flexibility index (Phi) is 4.34. The van der Waals surface area contributed by atoms with Gasteiger partial charge in [-0.2, -0.15) is 0 Å². The van der Waals surface area contributed by atoms with Gasteiger partial charge in [-0.15, -0.1) is 0 Å². The topological polar surface area (TPSA) is 80.4 Å². The summed E-state index contributed by atoms with van der Waals surface area (Å²) in [6.45, 7) is 1.55. The van der Waals surface area contributed by atoms with Gasteiger partial charge in [0.15, 0.2) is 5.78 Å². The highest BCUT2D eigenvalue weighted by Gasteiger charge is 2.17. The van der Waals surface area contributed by atoms with Crippen LogP contribution in [0.2, 0.25) is 0 Å². The van der Waals surface area contributed by atoms with E-state index >= 15 is 0 Å². The molecule has 0 aliphatic carbocycles. The molecule has 0 amide bonds. The van der Waals surface area contributed by atoms with Crippen LogP contribution in [0.5, 0.6) is 0 Å². The van der Waals surface area contributed by atoms with Crippen molar-refractivity contribution in [2.75, 3.05) is 0 Å². The molecule has 1 aromatic rings. The summed E-state index contributed by atoms with van der Waals surface area (Å²) in [6.07, 6.45) is -0.0856. The maximum Gasteiger partial charge on any atom is 0.303 e. The SMILES string of the molecule is Cc1cc(C(=O)C(N)CCC(=O)O)ccc1F. The number of carbonyl (C=O) groups excluding carboxylic acids is 1. The number of aliphatic carboxylic acids is 1. The standard InChI is InChI=1S/C12H14FNO3/c1-7-6-8(2-3-9(7)13)12(17)10(14)4-5-11(15)16/h2-3,6,10H,4-5,14H2,1H3,(H,15,16). The Balaban J connectivity index is 2.74. The van der Waals surface area contributed by atoms with Crippen LogP contribution < -0.4 is 5.73 Å². The van der Waals surface area contributed by atoms with Crippen molar-refractivity contribution in [2.45, 2.75) is 25.8 Å². The molecule has 4 nitrogen and oxygen atoms in total. The average Bonchev–Trinajstić information content (AvgIpc) is 2.28. The van der Waals surface area contributed by atoms with Crippen molar-refractivity contribution >= 4 is 11.8 Å². The van der Waals surface area contributed by atoms with E-state index < -0.39 is 12.0 Å². The molecular weight excluding hydrogens is 225 g/mol. The van der Waals surface area contributed by atoms with E-state index in [2.05, 4.69) is 0 Å². The Labute approximate surface area is 98.2 Å². The van der Waals surface area contributed by atoms with Crippen molar-refractivity contribution in [1.82, 2.24) is 0 Å². The van der Waals surface area contributed by atoms with Crippen LogP contribution in [0.4, 0.5) is 4.39 Å². The molecule has 3 N–H and O–H groups in total. The average molecular weight is 239 g/mol. The Morgan fingerprint density at radius 3 is 2.65 bits per heavy atom. The summed E-state index contributed by atoms with van der Waals surface area (Å²) in [5.74, 6) is -1.75. The van der Waals surface area contributed by atoms with Crippen molar-refractivity contribution in [2.24, 2.45) is 5.73 Å². The molecule has 0 radical (unpaired) electrons. The maximum absolute atomic E-state index is 13.0. The van der Waals surface area contributed by atoms with Gasteiger partial charge in [-0.1, -0.05) is 0 Å². The van der Waals surface area contributed by atoms with Crippen LogP contribution in [-0.2, 0) is 4.79 Å². The Bertz CT molecular complexity index is 445. The van der Waals surface area contributed by atoms with E-state index in [1.807, 2.05) is 0 Å². The van der Waals surface area contributed by atoms with Crippen molar-refractivity contribution in [3.05, 3.63) is 35.1 Å². The third-order valence-corrected chi connectivity index (χ3v) is 2.45. The predicted octanol–water partition coefficient (Wildman–Crippen LogP) is 1.51. The number of rotatable bonds is 5. The van der Waals surface area contributed by atoms with E-state index in [0.29, 0.717) is 11.1 Å². The number of halogens is 1.